The van der Waals surface area contributed by atoms with Crippen LogP contribution in [0.3, 0.4) is 0 Å². The fraction of sp³-hybridized carbons (Fsp3) is 1.00. The highest BCUT2D eigenvalue weighted by atomic mass is 16.5. The predicted octanol–water partition coefficient (Wildman–Crippen LogP) is 1.11. The molecule has 0 spiro atoms. The van der Waals surface area contributed by atoms with E-state index in [9.17, 15) is 5.11 Å². The van der Waals surface area contributed by atoms with Gasteiger partial charge in [-0.25, -0.2) is 0 Å². The lowest BCUT2D eigenvalue weighted by Gasteiger charge is -2.38. The number of likely N-dealkylation sites (N-methyl/N-ethyl adjacent to an activating group) is 1. The maximum Gasteiger partial charge on any atom is 0.0696 e. The number of rotatable bonds is 3. The summed E-state index contributed by atoms with van der Waals surface area (Å²) in [5, 5.41) is 9.98. The average Bonchev–Trinajstić information content (AvgIpc) is 2.01. The van der Waals surface area contributed by atoms with E-state index in [2.05, 4.69) is 13.8 Å². The van der Waals surface area contributed by atoms with Crippen LogP contribution in [-0.2, 0) is 4.74 Å². The fourth-order valence-corrected chi connectivity index (χ4v) is 2.13. The van der Waals surface area contributed by atoms with Gasteiger partial charge in [-0.3, -0.25) is 0 Å². The van der Waals surface area contributed by atoms with Crippen LogP contribution in [0.5, 0.6) is 0 Å². The van der Waals surface area contributed by atoms with E-state index in [0.29, 0.717) is 5.92 Å². The molecule has 14 heavy (non-hydrogen) atoms. The SMILES string of the molecule is CN(C)C[C@@H](O)[C@H]1CCOC(C)(C)C1. The molecule has 0 bridgehead atoms. The van der Waals surface area contributed by atoms with Crippen molar-refractivity contribution in [3.63, 3.8) is 0 Å². The normalized spacial score (nSPS) is 29.1. The Bertz CT molecular complexity index is 180. The zero-order valence-corrected chi connectivity index (χ0v) is 9.79. The summed E-state index contributed by atoms with van der Waals surface area (Å²) in [7, 11) is 3.99. The number of nitrogens with zero attached hydrogens (tertiary/aromatic N) is 1. The van der Waals surface area contributed by atoms with E-state index < -0.39 is 0 Å². The van der Waals surface area contributed by atoms with E-state index >= 15 is 0 Å². The summed E-state index contributed by atoms with van der Waals surface area (Å²) in [4.78, 5) is 2.03. The second-order valence-corrected chi connectivity index (χ2v) is 5.19. The molecule has 0 unspecified atom stereocenters. The number of aliphatic hydroxyl groups excluding tert-OH is 1. The van der Waals surface area contributed by atoms with Crippen molar-refractivity contribution in [2.45, 2.75) is 38.4 Å². The minimum atomic E-state index is -0.215. The van der Waals surface area contributed by atoms with Crippen molar-refractivity contribution in [1.29, 1.82) is 0 Å². The van der Waals surface area contributed by atoms with Gasteiger partial charge in [0.05, 0.1) is 11.7 Å². The summed E-state index contributed by atoms with van der Waals surface area (Å²) < 4.78 is 5.63. The highest BCUT2D eigenvalue weighted by Crippen LogP contribution is 2.30. The lowest BCUT2D eigenvalue weighted by Crippen LogP contribution is -2.41. The summed E-state index contributed by atoms with van der Waals surface area (Å²) in [5.41, 5.74) is -0.0593. The van der Waals surface area contributed by atoms with Gasteiger partial charge in [0.15, 0.2) is 0 Å². The third kappa shape index (κ3) is 3.56. The van der Waals surface area contributed by atoms with Crippen LogP contribution in [0.1, 0.15) is 26.7 Å². The molecule has 0 aromatic heterocycles. The molecular formula is C11H23NO2. The Morgan fingerprint density at radius 3 is 2.64 bits per heavy atom. The molecule has 0 saturated carbocycles. The van der Waals surface area contributed by atoms with E-state index in [4.69, 9.17) is 4.74 Å². The van der Waals surface area contributed by atoms with Gasteiger partial charge in [0.1, 0.15) is 0 Å². The van der Waals surface area contributed by atoms with Crippen molar-refractivity contribution in [2.24, 2.45) is 5.92 Å². The third-order valence-corrected chi connectivity index (χ3v) is 2.83. The van der Waals surface area contributed by atoms with Crippen LogP contribution in [0.25, 0.3) is 0 Å². The van der Waals surface area contributed by atoms with Gasteiger partial charge in [0.2, 0.25) is 0 Å². The Hall–Kier alpha value is -0.120. The molecule has 1 N–H and O–H groups in total. The van der Waals surface area contributed by atoms with Crippen LogP contribution in [0.4, 0.5) is 0 Å². The van der Waals surface area contributed by atoms with Crippen molar-refractivity contribution < 1.29 is 9.84 Å². The standard InChI is InChI=1S/C11H23NO2/c1-11(2)7-9(5-6-14-11)10(13)8-12(3)4/h9-10,13H,5-8H2,1-4H3/t9-,10+/m0/s1. The molecule has 3 heteroatoms. The Kier molecular flexibility index (Phi) is 3.93. The Morgan fingerprint density at radius 1 is 1.50 bits per heavy atom. The first kappa shape index (κ1) is 12.0. The van der Waals surface area contributed by atoms with Gasteiger partial charge in [-0.15, -0.1) is 0 Å². The Balaban J connectivity index is 2.43. The molecule has 0 aromatic carbocycles. The molecule has 1 aliphatic heterocycles. The van der Waals surface area contributed by atoms with Crippen LogP contribution >= 0.6 is 0 Å². The molecule has 0 amide bonds. The molecule has 1 heterocycles. The molecule has 0 radical (unpaired) electrons. The van der Waals surface area contributed by atoms with E-state index in [-0.39, 0.29) is 11.7 Å². The fourth-order valence-electron chi connectivity index (χ4n) is 2.13. The van der Waals surface area contributed by atoms with Gasteiger partial charge in [0.25, 0.3) is 0 Å². The summed E-state index contributed by atoms with van der Waals surface area (Å²) in [5.74, 6) is 0.390. The summed E-state index contributed by atoms with van der Waals surface area (Å²) in [6.07, 6.45) is 1.73. The monoisotopic (exact) mass is 201 g/mol. The molecule has 2 atom stereocenters. The lowest BCUT2D eigenvalue weighted by molar-refractivity contribution is -0.0972. The van der Waals surface area contributed by atoms with Crippen LogP contribution in [0.2, 0.25) is 0 Å². The molecule has 1 saturated heterocycles. The highest BCUT2D eigenvalue weighted by Gasteiger charge is 2.32. The molecule has 84 valence electrons. The Labute approximate surface area is 87.1 Å². The smallest absolute Gasteiger partial charge is 0.0696 e. The predicted molar refractivity (Wildman–Crippen MR) is 57.3 cm³/mol. The van der Waals surface area contributed by atoms with Gasteiger partial charge >= 0.3 is 0 Å². The van der Waals surface area contributed by atoms with Crippen molar-refractivity contribution in [2.75, 3.05) is 27.2 Å². The molecule has 1 fully saturated rings. The maximum absolute atomic E-state index is 9.98. The van der Waals surface area contributed by atoms with Gasteiger partial charge in [-0.2, -0.15) is 0 Å². The first-order valence-electron chi connectivity index (χ1n) is 5.37. The lowest BCUT2D eigenvalue weighted by atomic mass is 9.84. The van der Waals surface area contributed by atoms with Crippen LogP contribution in [0, 0.1) is 5.92 Å². The summed E-state index contributed by atoms with van der Waals surface area (Å²) >= 11 is 0. The zero-order chi connectivity index (χ0) is 10.8. The van der Waals surface area contributed by atoms with Crippen molar-refractivity contribution in [1.82, 2.24) is 4.90 Å². The van der Waals surface area contributed by atoms with Gasteiger partial charge < -0.3 is 14.7 Å². The first-order valence-corrected chi connectivity index (χ1v) is 5.37. The largest absolute Gasteiger partial charge is 0.392 e. The van der Waals surface area contributed by atoms with E-state index in [1.54, 1.807) is 0 Å². The Morgan fingerprint density at radius 2 is 2.14 bits per heavy atom. The minimum absolute atomic E-state index is 0.0593. The maximum atomic E-state index is 9.98. The quantitative estimate of drug-likeness (QED) is 0.742. The van der Waals surface area contributed by atoms with E-state index in [0.717, 1.165) is 26.0 Å². The van der Waals surface area contributed by atoms with Gasteiger partial charge in [-0.05, 0) is 46.7 Å². The number of hydrogen-bond donors (Lipinski definition) is 1. The van der Waals surface area contributed by atoms with Crippen LogP contribution < -0.4 is 0 Å². The molecule has 3 nitrogen and oxygen atoms in total. The second kappa shape index (κ2) is 4.60. The third-order valence-electron chi connectivity index (χ3n) is 2.83. The zero-order valence-electron chi connectivity index (χ0n) is 9.79. The highest BCUT2D eigenvalue weighted by molar-refractivity contribution is 4.83. The number of hydrogen-bond acceptors (Lipinski definition) is 3. The molecule has 0 aliphatic carbocycles. The van der Waals surface area contributed by atoms with Crippen molar-refractivity contribution in [3.05, 3.63) is 0 Å². The topological polar surface area (TPSA) is 32.7 Å². The molecule has 1 rings (SSSR count). The molecule has 1 aliphatic rings. The minimum Gasteiger partial charge on any atom is -0.392 e. The first-order chi connectivity index (χ1) is 6.41. The average molecular weight is 201 g/mol. The van der Waals surface area contributed by atoms with Crippen LogP contribution in [0.15, 0.2) is 0 Å². The van der Waals surface area contributed by atoms with Crippen molar-refractivity contribution in [3.8, 4) is 0 Å². The number of ether oxygens (including phenoxy) is 1. The second-order valence-electron chi connectivity index (χ2n) is 5.19. The van der Waals surface area contributed by atoms with E-state index in [1.807, 2.05) is 19.0 Å². The van der Waals surface area contributed by atoms with E-state index in [1.165, 1.54) is 0 Å². The number of aliphatic hydroxyl groups is 1. The van der Waals surface area contributed by atoms with Crippen molar-refractivity contribution >= 4 is 0 Å². The van der Waals surface area contributed by atoms with Gasteiger partial charge in [-0.1, -0.05) is 0 Å². The summed E-state index contributed by atoms with van der Waals surface area (Å²) in [6, 6.07) is 0. The molecular weight excluding hydrogens is 178 g/mol. The summed E-state index contributed by atoms with van der Waals surface area (Å²) in [6.45, 7) is 5.73. The van der Waals surface area contributed by atoms with Gasteiger partial charge in [0, 0.05) is 13.2 Å². The molecule has 0 aromatic rings. The van der Waals surface area contributed by atoms with Crippen LogP contribution in [-0.4, -0.2) is 49.0 Å².